The highest BCUT2D eigenvalue weighted by atomic mass is 16.5. The van der Waals surface area contributed by atoms with E-state index in [1.54, 1.807) is 0 Å². The average Bonchev–Trinajstić information content (AvgIpc) is 2.95. The molecule has 4 rings (SSSR count). The number of allylic oxidation sites excluding steroid dienone is 1. The molecule has 3 nitrogen and oxygen atoms in total. The number of hydrogen-bond acceptors (Lipinski definition) is 2. The molecule has 0 N–H and O–H groups in total. The van der Waals surface area contributed by atoms with Crippen LogP contribution in [-0.2, 0) is 0 Å². The number of fused-ring (bicyclic) bond motifs is 1. The minimum absolute atomic E-state index is 0.350. The van der Waals surface area contributed by atoms with Gasteiger partial charge in [-0.25, -0.2) is 0 Å². The lowest BCUT2D eigenvalue weighted by Gasteiger charge is -2.29. The van der Waals surface area contributed by atoms with Crippen molar-refractivity contribution in [3.8, 4) is 22.8 Å². The lowest BCUT2D eigenvalue weighted by atomic mass is 9.95. The summed E-state index contributed by atoms with van der Waals surface area (Å²) in [6.45, 7) is 6.28. The maximum atomic E-state index is 6.30. The summed E-state index contributed by atoms with van der Waals surface area (Å²) in [6.07, 6.45) is 2.17. The van der Waals surface area contributed by atoms with Gasteiger partial charge in [0.25, 0.3) is 0 Å². The maximum Gasteiger partial charge on any atom is 0.225 e. The van der Waals surface area contributed by atoms with Crippen molar-refractivity contribution in [1.82, 2.24) is 9.78 Å². The van der Waals surface area contributed by atoms with Gasteiger partial charge in [0, 0.05) is 5.56 Å². The molecule has 0 aliphatic carbocycles. The Morgan fingerprint density at radius 2 is 1.54 bits per heavy atom. The molecule has 0 fully saturated rings. The summed E-state index contributed by atoms with van der Waals surface area (Å²) in [7, 11) is 0. The molecule has 0 radical (unpaired) electrons. The van der Waals surface area contributed by atoms with Crippen LogP contribution in [0.2, 0.25) is 0 Å². The molecule has 24 heavy (non-hydrogen) atoms. The van der Waals surface area contributed by atoms with Crippen LogP contribution in [0.1, 0.15) is 26.3 Å². The fraction of sp³-hybridized carbons (Fsp3) is 0.190. The summed E-state index contributed by atoms with van der Waals surface area (Å²) in [6, 6.07) is 20.4. The predicted molar refractivity (Wildman–Crippen MR) is 97.4 cm³/mol. The summed E-state index contributed by atoms with van der Waals surface area (Å²) in [5.74, 6) is 0.810. The summed E-state index contributed by atoms with van der Waals surface area (Å²) < 4.78 is 8.21. The monoisotopic (exact) mass is 316 g/mol. The molecular weight excluding hydrogens is 296 g/mol. The second-order valence-corrected chi connectivity index (χ2v) is 6.67. The molecule has 0 spiro atoms. The highest BCUT2D eigenvalue weighted by Crippen LogP contribution is 2.42. The minimum Gasteiger partial charge on any atom is -0.467 e. The Hall–Kier alpha value is -2.81. The average molecular weight is 316 g/mol. The van der Waals surface area contributed by atoms with E-state index in [4.69, 9.17) is 9.84 Å². The summed E-state index contributed by atoms with van der Waals surface area (Å²) >= 11 is 0. The Kier molecular flexibility index (Phi) is 3.31. The van der Waals surface area contributed by atoms with E-state index in [1.807, 2.05) is 53.2 Å². The van der Waals surface area contributed by atoms with E-state index in [9.17, 15) is 0 Å². The van der Waals surface area contributed by atoms with Crippen LogP contribution in [0, 0.1) is 0 Å². The molecule has 3 aromatic rings. The molecule has 2 aromatic carbocycles. The SMILES string of the molecule is CC1=CC(C)(C)Oc2c1c(-c1ccccc1)nn2-c1ccccc1. The van der Waals surface area contributed by atoms with Gasteiger partial charge in [0.1, 0.15) is 11.3 Å². The van der Waals surface area contributed by atoms with E-state index in [0.717, 1.165) is 28.4 Å². The summed E-state index contributed by atoms with van der Waals surface area (Å²) in [4.78, 5) is 0. The van der Waals surface area contributed by atoms with Crippen LogP contribution in [0.5, 0.6) is 5.88 Å². The van der Waals surface area contributed by atoms with E-state index in [-0.39, 0.29) is 5.60 Å². The number of aromatic nitrogens is 2. The lowest BCUT2D eigenvalue weighted by molar-refractivity contribution is 0.146. The van der Waals surface area contributed by atoms with Crippen LogP contribution in [0.15, 0.2) is 66.7 Å². The Balaban J connectivity index is 2.00. The first-order chi connectivity index (χ1) is 11.6. The van der Waals surface area contributed by atoms with Crippen molar-refractivity contribution in [2.75, 3.05) is 0 Å². The molecule has 120 valence electrons. The van der Waals surface area contributed by atoms with E-state index in [0.29, 0.717) is 0 Å². The molecule has 0 saturated carbocycles. The molecule has 3 heteroatoms. The third-order valence-corrected chi connectivity index (χ3v) is 4.21. The Labute approximate surface area is 142 Å². The molecular formula is C21H20N2O. The molecule has 0 bridgehead atoms. The second kappa shape index (κ2) is 5.38. The van der Waals surface area contributed by atoms with E-state index < -0.39 is 0 Å². The minimum atomic E-state index is -0.350. The van der Waals surface area contributed by atoms with Crippen molar-refractivity contribution in [2.24, 2.45) is 0 Å². The van der Waals surface area contributed by atoms with Crippen LogP contribution in [-0.4, -0.2) is 15.4 Å². The van der Waals surface area contributed by atoms with Gasteiger partial charge in [-0.15, -0.1) is 0 Å². The van der Waals surface area contributed by atoms with Gasteiger partial charge in [-0.3, -0.25) is 0 Å². The number of ether oxygens (including phenoxy) is 1. The van der Waals surface area contributed by atoms with Crippen molar-refractivity contribution in [3.05, 3.63) is 72.3 Å². The largest absolute Gasteiger partial charge is 0.467 e. The Morgan fingerprint density at radius 1 is 0.917 bits per heavy atom. The zero-order valence-corrected chi connectivity index (χ0v) is 14.2. The number of rotatable bonds is 2. The fourth-order valence-corrected chi connectivity index (χ4v) is 3.27. The quantitative estimate of drug-likeness (QED) is 0.656. The molecule has 1 aliphatic rings. The maximum absolute atomic E-state index is 6.30. The molecule has 0 saturated heterocycles. The normalized spacial score (nSPS) is 15.4. The summed E-state index contributed by atoms with van der Waals surface area (Å²) in [5.41, 5.74) is 4.98. The molecule has 1 aromatic heterocycles. The number of hydrogen-bond donors (Lipinski definition) is 0. The molecule has 0 atom stereocenters. The third-order valence-electron chi connectivity index (χ3n) is 4.21. The van der Waals surface area contributed by atoms with Crippen LogP contribution in [0.25, 0.3) is 22.5 Å². The van der Waals surface area contributed by atoms with Crippen molar-refractivity contribution in [2.45, 2.75) is 26.4 Å². The number of para-hydroxylation sites is 1. The highest BCUT2D eigenvalue weighted by molar-refractivity contribution is 5.83. The first kappa shape index (κ1) is 14.8. The summed E-state index contributed by atoms with van der Waals surface area (Å²) in [5, 5.41) is 4.90. The molecule has 2 heterocycles. The van der Waals surface area contributed by atoms with Gasteiger partial charge in [-0.2, -0.15) is 9.78 Å². The van der Waals surface area contributed by atoms with Crippen molar-refractivity contribution >= 4 is 5.57 Å². The van der Waals surface area contributed by atoms with E-state index >= 15 is 0 Å². The lowest BCUT2D eigenvalue weighted by Crippen LogP contribution is -2.29. The van der Waals surface area contributed by atoms with Gasteiger partial charge in [0.05, 0.1) is 11.3 Å². The van der Waals surface area contributed by atoms with Gasteiger partial charge in [-0.05, 0) is 44.6 Å². The fourth-order valence-electron chi connectivity index (χ4n) is 3.27. The predicted octanol–water partition coefficient (Wildman–Crippen LogP) is 5.11. The second-order valence-electron chi connectivity index (χ2n) is 6.67. The van der Waals surface area contributed by atoms with Gasteiger partial charge in [0.2, 0.25) is 5.88 Å². The van der Waals surface area contributed by atoms with Crippen LogP contribution in [0.3, 0.4) is 0 Å². The molecule has 0 unspecified atom stereocenters. The van der Waals surface area contributed by atoms with E-state index in [2.05, 4.69) is 39.0 Å². The first-order valence-corrected chi connectivity index (χ1v) is 8.18. The van der Waals surface area contributed by atoms with Gasteiger partial charge in [-0.1, -0.05) is 48.5 Å². The number of nitrogens with zero attached hydrogens (tertiary/aromatic N) is 2. The zero-order chi connectivity index (χ0) is 16.7. The van der Waals surface area contributed by atoms with Crippen LogP contribution in [0.4, 0.5) is 0 Å². The Morgan fingerprint density at radius 3 is 2.21 bits per heavy atom. The smallest absolute Gasteiger partial charge is 0.225 e. The zero-order valence-electron chi connectivity index (χ0n) is 14.2. The van der Waals surface area contributed by atoms with Gasteiger partial charge >= 0.3 is 0 Å². The Bertz CT molecular complexity index is 906. The van der Waals surface area contributed by atoms with Crippen LogP contribution >= 0.6 is 0 Å². The van der Waals surface area contributed by atoms with Crippen LogP contribution < -0.4 is 4.74 Å². The molecule has 1 aliphatic heterocycles. The standard InChI is InChI=1S/C21H20N2O/c1-15-14-21(2,3)24-20-18(15)19(16-10-6-4-7-11-16)22-23(20)17-12-8-5-9-13-17/h4-14H,1-3H3. The molecule has 0 amide bonds. The third kappa shape index (κ3) is 2.42. The van der Waals surface area contributed by atoms with Gasteiger partial charge in [0.15, 0.2) is 0 Å². The van der Waals surface area contributed by atoms with E-state index in [1.165, 1.54) is 5.57 Å². The van der Waals surface area contributed by atoms with Crippen molar-refractivity contribution < 1.29 is 4.74 Å². The van der Waals surface area contributed by atoms with Crippen molar-refractivity contribution in [1.29, 1.82) is 0 Å². The topological polar surface area (TPSA) is 27.1 Å². The first-order valence-electron chi connectivity index (χ1n) is 8.18. The van der Waals surface area contributed by atoms with Gasteiger partial charge < -0.3 is 4.74 Å². The number of benzene rings is 2. The van der Waals surface area contributed by atoms with Crippen molar-refractivity contribution in [3.63, 3.8) is 0 Å². The highest BCUT2D eigenvalue weighted by Gasteiger charge is 2.32.